The molecule has 0 saturated heterocycles. The van der Waals surface area contributed by atoms with Crippen LogP contribution in [-0.2, 0) is 16.0 Å². The number of nitrogens with two attached hydrogens (primary N) is 1. The summed E-state index contributed by atoms with van der Waals surface area (Å²) < 4.78 is 11.8. The number of nitrogens with zero attached hydrogens (tertiary/aromatic N) is 3. The molecule has 0 spiro atoms. The van der Waals surface area contributed by atoms with Crippen LogP contribution in [0.4, 0.5) is 5.69 Å². The van der Waals surface area contributed by atoms with Gasteiger partial charge in [-0.05, 0) is 6.92 Å². The van der Waals surface area contributed by atoms with Gasteiger partial charge >= 0.3 is 0 Å². The van der Waals surface area contributed by atoms with E-state index in [1.165, 1.54) is 0 Å². The highest BCUT2D eigenvalue weighted by molar-refractivity contribution is 5.93. The quantitative estimate of drug-likeness (QED) is 0.274. The summed E-state index contributed by atoms with van der Waals surface area (Å²) in [4.78, 5) is 4.33. The van der Waals surface area contributed by atoms with Crippen LogP contribution in [0.1, 0.15) is 6.92 Å². The predicted molar refractivity (Wildman–Crippen MR) is 73.8 cm³/mol. The van der Waals surface area contributed by atoms with Crippen molar-refractivity contribution in [3.05, 3.63) is 12.4 Å². The molecular weight excluding hydrogens is 248 g/mol. The van der Waals surface area contributed by atoms with Crippen LogP contribution in [-0.4, -0.2) is 49.2 Å². The average molecular weight is 270 g/mol. The normalized spacial score (nSPS) is 13.4. The van der Waals surface area contributed by atoms with Crippen molar-refractivity contribution in [2.45, 2.75) is 19.5 Å². The maximum absolute atomic E-state index is 5.42. The Morgan fingerprint density at radius 2 is 2.32 bits per heavy atom. The Balaban J connectivity index is 2.57. The molecule has 1 heterocycles. The lowest BCUT2D eigenvalue weighted by molar-refractivity contribution is 0.183. The lowest BCUT2D eigenvalue weighted by Crippen LogP contribution is -2.37. The SMILES string of the molecule is COCCn1cc(NC(=NC(C)COC)NN)cn1. The molecule has 19 heavy (non-hydrogen) atoms. The van der Waals surface area contributed by atoms with Crippen molar-refractivity contribution in [1.29, 1.82) is 0 Å². The standard InChI is InChI=1S/C11H22N6O2/c1-9(8-19-3)14-11(16-12)15-10-6-13-17(7-10)4-5-18-2/h6-7,9H,4-5,8,12H2,1-3H3,(H2,14,15,16). The second kappa shape index (κ2) is 8.46. The van der Waals surface area contributed by atoms with Gasteiger partial charge in [-0.25, -0.2) is 10.8 Å². The number of rotatable bonds is 7. The number of aliphatic imine (C=N–C) groups is 1. The minimum Gasteiger partial charge on any atom is -0.383 e. The van der Waals surface area contributed by atoms with Crippen LogP contribution in [0, 0.1) is 0 Å². The topological polar surface area (TPSA) is 98.7 Å². The van der Waals surface area contributed by atoms with Crippen LogP contribution in [0.3, 0.4) is 0 Å². The monoisotopic (exact) mass is 270 g/mol. The Morgan fingerprint density at radius 1 is 1.53 bits per heavy atom. The summed E-state index contributed by atoms with van der Waals surface area (Å²) in [5, 5.41) is 7.23. The molecule has 1 aromatic rings. The summed E-state index contributed by atoms with van der Waals surface area (Å²) >= 11 is 0. The predicted octanol–water partition coefficient (Wildman–Crippen LogP) is -0.204. The highest BCUT2D eigenvalue weighted by atomic mass is 16.5. The first-order valence-corrected chi connectivity index (χ1v) is 6.01. The molecule has 8 nitrogen and oxygen atoms in total. The fraction of sp³-hybridized carbons (Fsp3) is 0.636. The number of hydrazine groups is 1. The largest absolute Gasteiger partial charge is 0.383 e. The van der Waals surface area contributed by atoms with E-state index >= 15 is 0 Å². The molecule has 1 atom stereocenters. The van der Waals surface area contributed by atoms with Gasteiger partial charge in [0.05, 0.1) is 37.7 Å². The summed E-state index contributed by atoms with van der Waals surface area (Å²) in [5.74, 6) is 5.89. The lowest BCUT2D eigenvalue weighted by Gasteiger charge is -2.10. The van der Waals surface area contributed by atoms with Gasteiger partial charge in [-0.1, -0.05) is 0 Å². The van der Waals surface area contributed by atoms with Crippen molar-refractivity contribution in [1.82, 2.24) is 15.2 Å². The van der Waals surface area contributed by atoms with Crippen LogP contribution in [0.15, 0.2) is 17.4 Å². The van der Waals surface area contributed by atoms with Crippen LogP contribution in [0.2, 0.25) is 0 Å². The zero-order valence-corrected chi connectivity index (χ0v) is 11.6. The molecule has 0 aromatic carbocycles. The first-order chi connectivity index (χ1) is 9.19. The number of aromatic nitrogens is 2. The van der Waals surface area contributed by atoms with Gasteiger partial charge in [0.15, 0.2) is 0 Å². The van der Waals surface area contributed by atoms with Crippen molar-refractivity contribution >= 4 is 11.6 Å². The molecule has 0 aliphatic heterocycles. The Kier molecular flexibility index (Phi) is 6.86. The average Bonchev–Trinajstić information content (AvgIpc) is 2.83. The number of guanidine groups is 1. The van der Waals surface area contributed by atoms with E-state index in [1.807, 2.05) is 13.1 Å². The molecule has 1 unspecified atom stereocenters. The van der Waals surface area contributed by atoms with Gasteiger partial charge in [0.1, 0.15) is 0 Å². The van der Waals surface area contributed by atoms with Crippen LogP contribution in [0.5, 0.6) is 0 Å². The second-order valence-electron chi connectivity index (χ2n) is 4.04. The van der Waals surface area contributed by atoms with Crippen molar-refractivity contribution < 1.29 is 9.47 Å². The first-order valence-electron chi connectivity index (χ1n) is 6.01. The third-order valence-electron chi connectivity index (χ3n) is 2.31. The molecule has 108 valence electrons. The lowest BCUT2D eigenvalue weighted by atomic mass is 10.4. The highest BCUT2D eigenvalue weighted by Gasteiger charge is 2.04. The molecule has 0 radical (unpaired) electrons. The fourth-order valence-electron chi connectivity index (χ4n) is 1.48. The molecule has 1 rings (SSSR count). The van der Waals surface area contributed by atoms with Gasteiger partial charge in [-0.3, -0.25) is 10.1 Å². The summed E-state index contributed by atoms with van der Waals surface area (Å²) in [6, 6.07) is 0.00656. The zero-order valence-electron chi connectivity index (χ0n) is 11.6. The highest BCUT2D eigenvalue weighted by Crippen LogP contribution is 2.04. The number of hydrogen-bond acceptors (Lipinski definition) is 5. The third-order valence-corrected chi connectivity index (χ3v) is 2.31. The Labute approximate surface area is 112 Å². The van der Waals surface area contributed by atoms with Crippen LogP contribution < -0.4 is 16.6 Å². The Morgan fingerprint density at radius 3 is 2.95 bits per heavy atom. The molecule has 0 amide bonds. The fourth-order valence-corrected chi connectivity index (χ4v) is 1.48. The summed E-state index contributed by atoms with van der Waals surface area (Å²) in [6.45, 7) is 3.77. The number of ether oxygens (including phenoxy) is 2. The molecule has 0 fully saturated rings. The van der Waals surface area contributed by atoms with Crippen molar-refractivity contribution in [2.75, 3.05) is 32.8 Å². The number of anilines is 1. The molecular formula is C11H22N6O2. The maximum atomic E-state index is 5.42. The summed E-state index contributed by atoms with van der Waals surface area (Å²) in [6.07, 6.45) is 3.55. The molecule has 0 saturated carbocycles. The summed E-state index contributed by atoms with van der Waals surface area (Å²) in [7, 11) is 3.29. The Hall–Kier alpha value is -1.64. The molecule has 0 aliphatic carbocycles. The molecule has 0 aliphatic rings. The third kappa shape index (κ3) is 5.69. The number of hydrogen-bond donors (Lipinski definition) is 3. The first kappa shape index (κ1) is 15.4. The van der Waals surface area contributed by atoms with E-state index in [1.54, 1.807) is 25.1 Å². The van der Waals surface area contributed by atoms with Gasteiger partial charge in [0.2, 0.25) is 5.96 Å². The van der Waals surface area contributed by atoms with Crippen LogP contribution in [0.25, 0.3) is 0 Å². The van der Waals surface area contributed by atoms with Crippen molar-refractivity contribution in [3.8, 4) is 0 Å². The number of nitrogens with one attached hydrogen (secondary N) is 2. The van der Waals surface area contributed by atoms with E-state index in [0.29, 0.717) is 25.7 Å². The van der Waals surface area contributed by atoms with E-state index in [4.69, 9.17) is 15.3 Å². The van der Waals surface area contributed by atoms with Gasteiger partial charge in [0, 0.05) is 20.4 Å². The summed E-state index contributed by atoms with van der Waals surface area (Å²) in [5.41, 5.74) is 3.32. The van der Waals surface area contributed by atoms with Gasteiger partial charge in [-0.15, -0.1) is 0 Å². The minimum absolute atomic E-state index is 0.00656. The van der Waals surface area contributed by atoms with E-state index in [0.717, 1.165) is 5.69 Å². The molecule has 0 bridgehead atoms. The smallest absolute Gasteiger partial charge is 0.210 e. The van der Waals surface area contributed by atoms with E-state index < -0.39 is 0 Å². The minimum atomic E-state index is 0.00656. The van der Waals surface area contributed by atoms with Gasteiger partial charge in [-0.2, -0.15) is 5.10 Å². The van der Waals surface area contributed by atoms with Gasteiger partial charge in [0.25, 0.3) is 0 Å². The number of methoxy groups -OCH3 is 2. The van der Waals surface area contributed by atoms with E-state index in [2.05, 4.69) is 20.8 Å². The molecule has 1 aromatic heterocycles. The maximum Gasteiger partial charge on any atom is 0.210 e. The molecule has 4 N–H and O–H groups in total. The zero-order chi connectivity index (χ0) is 14.1. The van der Waals surface area contributed by atoms with Gasteiger partial charge < -0.3 is 14.8 Å². The van der Waals surface area contributed by atoms with Crippen LogP contribution >= 0.6 is 0 Å². The molecule has 8 heteroatoms. The Bertz CT molecular complexity index is 392. The van der Waals surface area contributed by atoms with Crippen molar-refractivity contribution in [3.63, 3.8) is 0 Å². The second-order valence-corrected chi connectivity index (χ2v) is 4.04. The van der Waals surface area contributed by atoms with Crippen molar-refractivity contribution in [2.24, 2.45) is 10.8 Å². The van der Waals surface area contributed by atoms with E-state index in [9.17, 15) is 0 Å². The van der Waals surface area contributed by atoms with E-state index in [-0.39, 0.29) is 6.04 Å².